The van der Waals surface area contributed by atoms with Crippen molar-refractivity contribution in [3.8, 4) is 0 Å². The van der Waals surface area contributed by atoms with Crippen LogP contribution in [0, 0.1) is 35.5 Å². The van der Waals surface area contributed by atoms with Crippen molar-refractivity contribution in [2.75, 3.05) is 18.0 Å². The predicted molar refractivity (Wildman–Crippen MR) is 103 cm³/mol. The molecular formula is C23H24N2O3. The lowest BCUT2D eigenvalue weighted by Gasteiger charge is -2.37. The van der Waals surface area contributed by atoms with E-state index in [0.29, 0.717) is 23.1 Å². The fourth-order valence-corrected chi connectivity index (χ4v) is 6.24. The molecule has 2 bridgehead atoms. The monoisotopic (exact) mass is 376 g/mol. The van der Waals surface area contributed by atoms with Crippen LogP contribution in [0.5, 0.6) is 0 Å². The van der Waals surface area contributed by atoms with Crippen molar-refractivity contribution in [2.45, 2.75) is 25.7 Å². The topological polar surface area (TPSA) is 57.7 Å². The van der Waals surface area contributed by atoms with E-state index in [4.69, 9.17) is 0 Å². The second-order valence-corrected chi connectivity index (χ2v) is 9.07. The third-order valence-corrected chi connectivity index (χ3v) is 7.68. The summed E-state index contributed by atoms with van der Waals surface area (Å²) in [7, 11) is 0. The van der Waals surface area contributed by atoms with Gasteiger partial charge in [-0.1, -0.05) is 12.2 Å². The summed E-state index contributed by atoms with van der Waals surface area (Å²) >= 11 is 0. The second-order valence-electron chi connectivity index (χ2n) is 9.07. The summed E-state index contributed by atoms with van der Waals surface area (Å²) in [5.74, 6) is 1.28. The van der Waals surface area contributed by atoms with Gasteiger partial charge in [0, 0.05) is 18.7 Å². The molecular weight excluding hydrogens is 352 g/mol. The van der Waals surface area contributed by atoms with Crippen molar-refractivity contribution in [1.29, 1.82) is 0 Å². The number of piperidine rings is 1. The number of carbonyl (C=O) groups is 3. The number of anilines is 1. The highest BCUT2D eigenvalue weighted by Crippen LogP contribution is 2.65. The van der Waals surface area contributed by atoms with Gasteiger partial charge in [-0.25, -0.2) is 0 Å². The van der Waals surface area contributed by atoms with Crippen LogP contribution in [0.2, 0.25) is 0 Å². The SMILES string of the molecule is O=C(c1ccc(N2C(=O)[C@H]3[C@@H]4C=C[C@H]([C@H]5C[C@H]45)[C@@H]3C2=O)cc1)N1CCCCC1. The summed E-state index contributed by atoms with van der Waals surface area (Å²) in [6.45, 7) is 1.62. The Kier molecular flexibility index (Phi) is 3.41. The maximum Gasteiger partial charge on any atom is 0.253 e. The Morgan fingerprint density at radius 3 is 1.96 bits per heavy atom. The first-order valence-electron chi connectivity index (χ1n) is 10.6. The van der Waals surface area contributed by atoms with Crippen LogP contribution in [0.15, 0.2) is 36.4 Å². The lowest BCUT2D eigenvalue weighted by Crippen LogP contribution is -2.40. The number of amides is 3. The average Bonchev–Trinajstić information content (AvgIpc) is 3.52. The van der Waals surface area contributed by atoms with E-state index in [1.54, 1.807) is 24.3 Å². The molecule has 0 unspecified atom stereocenters. The molecule has 144 valence electrons. The van der Waals surface area contributed by atoms with Gasteiger partial charge >= 0.3 is 0 Å². The van der Waals surface area contributed by atoms with Gasteiger partial charge in [0.15, 0.2) is 0 Å². The third-order valence-electron chi connectivity index (χ3n) is 7.68. The van der Waals surface area contributed by atoms with Gasteiger partial charge in [-0.2, -0.15) is 0 Å². The molecule has 1 aromatic carbocycles. The average molecular weight is 376 g/mol. The van der Waals surface area contributed by atoms with E-state index in [0.717, 1.165) is 25.9 Å². The largest absolute Gasteiger partial charge is 0.339 e. The van der Waals surface area contributed by atoms with Crippen molar-refractivity contribution in [3.05, 3.63) is 42.0 Å². The number of rotatable bonds is 2. The smallest absolute Gasteiger partial charge is 0.253 e. The first-order valence-corrected chi connectivity index (χ1v) is 10.6. The van der Waals surface area contributed by atoms with Crippen LogP contribution in [-0.4, -0.2) is 35.7 Å². The van der Waals surface area contributed by atoms with Gasteiger partial charge in [-0.05, 0) is 73.6 Å². The standard InChI is InChI=1S/C23H24N2O3/c26-21(24-10-2-1-3-11-24)13-4-6-14(7-5-13)25-22(27)19-15-8-9-16(18-12-17(15)18)20(19)23(25)28/h4-9,15-20H,1-3,10-12H2/t15-,16-,17-,18-,19+,20+/m1/s1. The molecule has 2 saturated heterocycles. The van der Waals surface area contributed by atoms with Crippen molar-refractivity contribution in [1.82, 2.24) is 4.90 Å². The maximum atomic E-state index is 13.2. The molecule has 6 atom stereocenters. The van der Waals surface area contributed by atoms with E-state index in [-0.39, 0.29) is 41.4 Å². The fraction of sp³-hybridized carbons (Fsp3) is 0.522. The second kappa shape index (κ2) is 5.79. The number of nitrogens with zero attached hydrogens (tertiary/aromatic N) is 2. The summed E-state index contributed by atoms with van der Waals surface area (Å²) in [5.41, 5.74) is 1.23. The zero-order valence-electron chi connectivity index (χ0n) is 15.8. The first-order chi connectivity index (χ1) is 13.6. The number of carbonyl (C=O) groups excluding carboxylic acids is 3. The maximum absolute atomic E-state index is 13.2. The zero-order chi connectivity index (χ0) is 19.0. The van der Waals surface area contributed by atoms with Crippen LogP contribution in [0.1, 0.15) is 36.0 Å². The van der Waals surface area contributed by atoms with E-state index in [2.05, 4.69) is 12.2 Å². The summed E-state index contributed by atoms with van der Waals surface area (Å²) in [5, 5.41) is 0. The van der Waals surface area contributed by atoms with Crippen LogP contribution in [0.4, 0.5) is 5.69 Å². The lowest BCUT2D eigenvalue weighted by atomic mass is 9.63. The van der Waals surface area contributed by atoms with E-state index in [1.807, 2.05) is 4.90 Å². The van der Waals surface area contributed by atoms with Gasteiger partial charge in [0.2, 0.25) is 11.8 Å². The van der Waals surface area contributed by atoms with Crippen molar-refractivity contribution in [3.63, 3.8) is 0 Å². The molecule has 0 aromatic heterocycles. The minimum absolute atomic E-state index is 0.0429. The highest BCUT2D eigenvalue weighted by molar-refractivity contribution is 6.22. The summed E-state index contributed by atoms with van der Waals surface area (Å²) in [4.78, 5) is 42.3. The molecule has 7 rings (SSSR count). The minimum atomic E-state index is -0.180. The molecule has 5 nitrogen and oxygen atoms in total. The number of hydrogen-bond acceptors (Lipinski definition) is 3. The molecule has 0 spiro atoms. The Bertz CT molecular complexity index is 863. The van der Waals surface area contributed by atoms with Gasteiger partial charge < -0.3 is 4.90 Å². The van der Waals surface area contributed by atoms with Crippen LogP contribution in [0.3, 0.4) is 0 Å². The molecule has 2 heterocycles. The third kappa shape index (κ3) is 2.16. The van der Waals surface area contributed by atoms with Gasteiger partial charge in [0.1, 0.15) is 0 Å². The van der Waals surface area contributed by atoms with Crippen LogP contribution in [-0.2, 0) is 9.59 Å². The zero-order valence-corrected chi connectivity index (χ0v) is 15.8. The van der Waals surface area contributed by atoms with E-state index in [1.165, 1.54) is 17.7 Å². The Balaban J connectivity index is 1.26. The fourth-order valence-electron chi connectivity index (χ4n) is 6.24. The normalized spacial score (nSPS) is 37.9. The van der Waals surface area contributed by atoms with Crippen LogP contribution >= 0.6 is 0 Å². The minimum Gasteiger partial charge on any atom is -0.339 e. The van der Waals surface area contributed by atoms with E-state index < -0.39 is 0 Å². The molecule has 0 N–H and O–H groups in total. The van der Waals surface area contributed by atoms with Crippen LogP contribution < -0.4 is 4.90 Å². The van der Waals surface area contributed by atoms with E-state index >= 15 is 0 Å². The molecule has 2 saturated carbocycles. The molecule has 4 fully saturated rings. The van der Waals surface area contributed by atoms with E-state index in [9.17, 15) is 14.4 Å². The van der Waals surface area contributed by atoms with Gasteiger partial charge in [-0.15, -0.1) is 0 Å². The molecule has 1 aromatic rings. The number of benzene rings is 1. The van der Waals surface area contributed by atoms with Crippen molar-refractivity contribution < 1.29 is 14.4 Å². The van der Waals surface area contributed by atoms with Crippen molar-refractivity contribution in [2.24, 2.45) is 35.5 Å². The Hall–Kier alpha value is -2.43. The molecule has 4 aliphatic carbocycles. The molecule has 3 amide bonds. The Labute approximate surface area is 164 Å². The van der Waals surface area contributed by atoms with Gasteiger partial charge in [0.05, 0.1) is 17.5 Å². The summed E-state index contributed by atoms with van der Waals surface area (Å²) < 4.78 is 0. The summed E-state index contributed by atoms with van der Waals surface area (Å²) in [6.07, 6.45) is 8.85. The number of hydrogen-bond donors (Lipinski definition) is 0. The summed E-state index contributed by atoms with van der Waals surface area (Å²) in [6, 6.07) is 7.05. The highest BCUT2D eigenvalue weighted by atomic mass is 16.2. The Morgan fingerprint density at radius 1 is 0.821 bits per heavy atom. The van der Waals surface area contributed by atoms with Crippen molar-refractivity contribution >= 4 is 23.4 Å². The highest BCUT2D eigenvalue weighted by Gasteiger charge is 2.67. The van der Waals surface area contributed by atoms with Gasteiger partial charge in [0.25, 0.3) is 5.91 Å². The predicted octanol–water partition coefficient (Wildman–Crippen LogP) is 2.87. The molecule has 2 aliphatic heterocycles. The Morgan fingerprint density at radius 2 is 1.39 bits per heavy atom. The number of allylic oxidation sites excluding steroid dienone is 2. The lowest BCUT2D eigenvalue weighted by molar-refractivity contribution is -0.124. The molecule has 28 heavy (non-hydrogen) atoms. The quantitative estimate of drug-likeness (QED) is 0.589. The molecule has 6 aliphatic rings. The van der Waals surface area contributed by atoms with Crippen LogP contribution in [0.25, 0.3) is 0 Å². The first kappa shape index (κ1) is 16.5. The molecule has 5 heteroatoms. The van der Waals surface area contributed by atoms with Gasteiger partial charge in [-0.3, -0.25) is 19.3 Å². The number of imide groups is 1. The molecule has 0 radical (unpaired) electrons. The number of likely N-dealkylation sites (tertiary alicyclic amines) is 1.